The lowest BCUT2D eigenvalue weighted by atomic mass is 9.84. The first-order valence-electron chi connectivity index (χ1n) is 7.61. The molecular weight excluding hydrogens is 292 g/mol. The van der Waals surface area contributed by atoms with Crippen molar-refractivity contribution in [2.45, 2.75) is 18.5 Å². The molecular formula is C18H16N2O3. The maximum absolute atomic E-state index is 13.0. The zero-order valence-corrected chi connectivity index (χ0v) is 12.5. The summed E-state index contributed by atoms with van der Waals surface area (Å²) in [4.78, 5) is 26.8. The Hall–Kier alpha value is -2.82. The number of carbonyl (C=O) groups is 2. The molecule has 1 N–H and O–H groups in total. The number of para-hydroxylation sites is 1. The highest BCUT2D eigenvalue weighted by molar-refractivity contribution is 6.07. The zero-order valence-electron chi connectivity index (χ0n) is 12.5. The van der Waals surface area contributed by atoms with Gasteiger partial charge in [0.05, 0.1) is 13.2 Å². The molecule has 2 aromatic carbocycles. The lowest BCUT2D eigenvalue weighted by molar-refractivity contribution is -0.133. The average molecular weight is 308 g/mol. The van der Waals surface area contributed by atoms with Gasteiger partial charge < -0.3 is 10.1 Å². The number of imide groups is 1. The third-order valence-corrected chi connectivity index (χ3v) is 4.44. The molecule has 1 fully saturated rings. The van der Waals surface area contributed by atoms with Crippen LogP contribution in [-0.2, 0) is 16.9 Å². The van der Waals surface area contributed by atoms with Crippen molar-refractivity contribution in [1.82, 2.24) is 10.2 Å². The summed E-state index contributed by atoms with van der Waals surface area (Å²) in [5, 5.41) is 2.90. The second-order valence-electron chi connectivity index (χ2n) is 5.81. The quantitative estimate of drug-likeness (QED) is 0.867. The molecule has 0 saturated carbocycles. The van der Waals surface area contributed by atoms with Gasteiger partial charge in [-0.15, -0.1) is 0 Å². The number of nitrogens with zero attached hydrogens (tertiary/aromatic N) is 1. The van der Waals surface area contributed by atoms with Crippen LogP contribution in [0.1, 0.15) is 17.5 Å². The van der Waals surface area contributed by atoms with Crippen LogP contribution in [0.25, 0.3) is 0 Å². The van der Waals surface area contributed by atoms with E-state index in [1.165, 1.54) is 4.90 Å². The summed E-state index contributed by atoms with van der Waals surface area (Å²) < 4.78 is 5.63. The van der Waals surface area contributed by atoms with Crippen molar-refractivity contribution >= 4 is 11.9 Å². The van der Waals surface area contributed by atoms with Crippen LogP contribution in [0.15, 0.2) is 54.6 Å². The summed E-state index contributed by atoms with van der Waals surface area (Å²) in [6.45, 7) is 0.679. The summed E-state index contributed by atoms with van der Waals surface area (Å²) in [5.74, 6) is 0.455. The van der Waals surface area contributed by atoms with Crippen molar-refractivity contribution in [2.24, 2.45) is 0 Å². The molecule has 0 radical (unpaired) electrons. The second kappa shape index (κ2) is 5.12. The number of nitrogens with one attached hydrogen (secondary N) is 1. The van der Waals surface area contributed by atoms with E-state index in [9.17, 15) is 9.59 Å². The lowest BCUT2D eigenvalue weighted by Gasteiger charge is -2.33. The second-order valence-corrected chi connectivity index (χ2v) is 5.81. The van der Waals surface area contributed by atoms with Gasteiger partial charge in [0.1, 0.15) is 5.75 Å². The largest absolute Gasteiger partial charge is 0.493 e. The Labute approximate surface area is 133 Å². The van der Waals surface area contributed by atoms with Crippen molar-refractivity contribution < 1.29 is 14.3 Å². The summed E-state index contributed by atoms with van der Waals surface area (Å²) in [6.07, 6.45) is 0.444. The van der Waals surface area contributed by atoms with E-state index in [-0.39, 0.29) is 18.5 Å². The van der Waals surface area contributed by atoms with Crippen LogP contribution in [0.3, 0.4) is 0 Å². The van der Waals surface area contributed by atoms with Gasteiger partial charge in [-0.2, -0.15) is 0 Å². The van der Waals surface area contributed by atoms with Gasteiger partial charge in [-0.1, -0.05) is 48.5 Å². The first-order valence-corrected chi connectivity index (χ1v) is 7.61. The van der Waals surface area contributed by atoms with Gasteiger partial charge in [0.15, 0.2) is 5.54 Å². The minimum Gasteiger partial charge on any atom is -0.493 e. The summed E-state index contributed by atoms with van der Waals surface area (Å²) in [6, 6.07) is 16.6. The summed E-state index contributed by atoms with van der Waals surface area (Å²) in [5.41, 5.74) is 0.661. The Kier molecular flexibility index (Phi) is 3.08. The van der Waals surface area contributed by atoms with E-state index in [4.69, 9.17) is 4.74 Å². The van der Waals surface area contributed by atoms with Crippen LogP contribution in [0.5, 0.6) is 5.75 Å². The Morgan fingerprint density at radius 3 is 2.61 bits per heavy atom. The number of benzene rings is 2. The topological polar surface area (TPSA) is 58.6 Å². The monoisotopic (exact) mass is 308 g/mol. The van der Waals surface area contributed by atoms with Crippen LogP contribution in [-0.4, -0.2) is 23.4 Å². The molecule has 1 spiro atoms. The van der Waals surface area contributed by atoms with Gasteiger partial charge in [-0.25, -0.2) is 4.79 Å². The molecule has 5 nitrogen and oxygen atoms in total. The number of urea groups is 1. The number of ether oxygens (including phenoxy) is 1. The summed E-state index contributed by atoms with van der Waals surface area (Å²) in [7, 11) is 0. The van der Waals surface area contributed by atoms with Gasteiger partial charge in [-0.3, -0.25) is 9.69 Å². The first-order chi connectivity index (χ1) is 11.2. The Bertz CT molecular complexity index is 775. The van der Waals surface area contributed by atoms with Crippen LogP contribution >= 0.6 is 0 Å². The third-order valence-electron chi connectivity index (χ3n) is 4.44. The average Bonchev–Trinajstić information content (AvgIpc) is 2.81. The van der Waals surface area contributed by atoms with Crippen molar-refractivity contribution in [1.29, 1.82) is 0 Å². The molecule has 0 aromatic heterocycles. The van der Waals surface area contributed by atoms with E-state index in [2.05, 4.69) is 5.32 Å². The molecule has 2 aromatic rings. The normalized spacial score (nSPS) is 22.7. The molecule has 1 saturated heterocycles. The molecule has 1 atom stereocenters. The maximum Gasteiger partial charge on any atom is 0.325 e. The highest BCUT2D eigenvalue weighted by Gasteiger charge is 2.54. The highest BCUT2D eigenvalue weighted by atomic mass is 16.5. The first kappa shape index (κ1) is 13.8. The van der Waals surface area contributed by atoms with E-state index in [0.717, 1.165) is 11.1 Å². The Morgan fingerprint density at radius 1 is 1.04 bits per heavy atom. The van der Waals surface area contributed by atoms with Crippen molar-refractivity contribution in [3.05, 3.63) is 65.7 Å². The molecule has 0 aliphatic carbocycles. The van der Waals surface area contributed by atoms with E-state index >= 15 is 0 Å². The van der Waals surface area contributed by atoms with E-state index in [1.807, 2.05) is 54.6 Å². The predicted molar refractivity (Wildman–Crippen MR) is 83.8 cm³/mol. The van der Waals surface area contributed by atoms with E-state index in [1.54, 1.807) is 0 Å². The summed E-state index contributed by atoms with van der Waals surface area (Å²) >= 11 is 0. The number of amides is 3. The van der Waals surface area contributed by atoms with Gasteiger partial charge in [-0.05, 0) is 11.6 Å². The number of hydrogen-bond donors (Lipinski definition) is 1. The smallest absolute Gasteiger partial charge is 0.325 e. The molecule has 0 unspecified atom stereocenters. The van der Waals surface area contributed by atoms with Gasteiger partial charge >= 0.3 is 6.03 Å². The predicted octanol–water partition coefficient (Wildman–Crippen LogP) is 2.42. The number of hydrogen-bond acceptors (Lipinski definition) is 3. The van der Waals surface area contributed by atoms with Crippen LogP contribution in [0.2, 0.25) is 0 Å². The minimum absolute atomic E-state index is 0.206. The maximum atomic E-state index is 13.0. The van der Waals surface area contributed by atoms with Gasteiger partial charge in [0.25, 0.3) is 5.91 Å². The number of carbonyl (C=O) groups excluding carboxylic acids is 2. The van der Waals surface area contributed by atoms with Crippen molar-refractivity contribution in [3.8, 4) is 5.75 Å². The molecule has 2 aliphatic heterocycles. The van der Waals surface area contributed by atoms with Crippen molar-refractivity contribution in [2.75, 3.05) is 6.61 Å². The van der Waals surface area contributed by atoms with Crippen LogP contribution in [0, 0.1) is 0 Å². The SMILES string of the molecule is O=C1N[C@]2(CCOc3ccccc32)C(=O)N1Cc1ccccc1. The van der Waals surface area contributed by atoms with E-state index in [0.29, 0.717) is 18.8 Å². The van der Waals surface area contributed by atoms with Crippen LogP contribution < -0.4 is 10.1 Å². The number of fused-ring (bicyclic) bond motifs is 2. The fourth-order valence-electron chi connectivity index (χ4n) is 3.28. The fourth-order valence-corrected chi connectivity index (χ4v) is 3.28. The molecule has 116 valence electrons. The minimum atomic E-state index is -0.999. The Balaban J connectivity index is 1.71. The molecule has 23 heavy (non-hydrogen) atoms. The molecule has 4 rings (SSSR count). The molecule has 2 aliphatic rings. The van der Waals surface area contributed by atoms with Gasteiger partial charge in [0, 0.05) is 12.0 Å². The lowest BCUT2D eigenvalue weighted by Crippen LogP contribution is -2.47. The number of rotatable bonds is 2. The third kappa shape index (κ3) is 2.08. The molecule has 2 heterocycles. The zero-order chi connectivity index (χ0) is 15.9. The molecule has 5 heteroatoms. The van der Waals surface area contributed by atoms with Crippen molar-refractivity contribution in [3.63, 3.8) is 0 Å². The standard InChI is InChI=1S/C18H16N2O3/c21-16-18(10-11-23-15-9-5-4-8-14(15)18)19-17(22)20(16)12-13-6-2-1-3-7-13/h1-9H,10-12H2,(H,19,22)/t18-/m0/s1. The fraction of sp³-hybridized carbons (Fsp3) is 0.222. The molecule has 0 bridgehead atoms. The Morgan fingerprint density at radius 2 is 1.78 bits per heavy atom. The molecule has 3 amide bonds. The van der Waals surface area contributed by atoms with Gasteiger partial charge in [0.2, 0.25) is 0 Å². The van der Waals surface area contributed by atoms with E-state index < -0.39 is 5.54 Å². The highest BCUT2D eigenvalue weighted by Crippen LogP contribution is 2.41. The van der Waals surface area contributed by atoms with Crippen LogP contribution in [0.4, 0.5) is 4.79 Å².